The molecule has 2 aromatic heterocycles. The number of hydrogen-bond donors (Lipinski definition) is 0. The number of H-pyrrole nitrogens is 2. The molecule has 14 heavy (non-hydrogen) atoms. The van der Waals surface area contributed by atoms with Crippen LogP contribution in [0.2, 0.25) is 0 Å². The summed E-state index contributed by atoms with van der Waals surface area (Å²) in [5.74, 6) is 0. The van der Waals surface area contributed by atoms with Crippen LogP contribution in [-0.4, -0.2) is 0 Å². The molecule has 2 aromatic rings. The van der Waals surface area contributed by atoms with Crippen molar-refractivity contribution in [1.29, 1.82) is 0 Å². The Bertz CT molecular complexity index is 406. The van der Waals surface area contributed by atoms with Crippen molar-refractivity contribution in [3.8, 4) is 11.1 Å². The fourth-order valence-electron chi connectivity index (χ4n) is 1.53. The van der Waals surface area contributed by atoms with Crippen LogP contribution in [-0.2, 0) is 0 Å². The lowest BCUT2D eigenvalue weighted by Crippen LogP contribution is -2.07. The molecule has 0 amide bonds. The second-order valence-electron chi connectivity index (χ2n) is 3.52. The number of nitrogens with one attached hydrogen (secondary N) is 2. The zero-order valence-corrected chi connectivity index (χ0v) is 8.46. The molecule has 0 spiro atoms. The molecule has 0 aromatic carbocycles. The first-order valence-electron chi connectivity index (χ1n) is 4.73. The Morgan fingerprint density at radius 3 is 1.57 bits per heavy atom. The first-order chi connectivity index (χ1) is 6.75. The van der Waals surface area contributed by atoms with E-state index in [0.717, 1.165) is 0 Å². The minimum atomic E-state index is 1.17. The predicted octanol–water partition coefficient (Wildman–Crippen LogP) is 1.60. The zero-order valence-electron chi connectivity index (χ0n) is 8.46. The number of rotatable bonds is 1. The Morgan fingerprint density at radius 2 is 1.21 bits per heavy atom. The van der Waals surface area contributed by atoms with Gasteiger partial charge in [0, 0.05) is 38.1 Å². The topological polar surface area (TPSA) is 28.3 Å². The van der Waals surface area contributed by atoms with Gasteiger partial charge in [-0.3, -0.25) is 0 Å². The van der Waals surface area contributed by atoms with Gasteiger partial charge in [-0.05, 0) is 11.1 Å². The molecule has 70 valence electrons. The Morgan fingerprint density at radius 1 is 0.786 bits per heavy atom. The molecule has 0 bridgehead atoms. The SMILES string of the molecule is Cc1cc(-c2cc[nH+]c(C)c2)cc[nH+]1. The number of aromatic amines is 2. The second kappa shape index (κ2) is 3.58. The summed E-state index contributed by atoms with van der Waals surface area (Å²) in [5.41, 5.74) is 4.85. The molecule has 0 fully saturated rings. The summed E-state index contributed by atoms with van der Waals surface area (Å²) in [6, 6.07) is 8.47. The summed E-state index contributed by atoms with van der Waals surface area (Å²) in [4.78, 5) is 6.30. The van der Waals surface area contributed by atoms with E-state index in [1.165, 1.54) is 22.5 Å². The lowest BCUT2D eigenvalue weighted by atomic mass is 10.1. The van der Waals surface area contributed by atoms with Crippen molar-refractivity contribution in [2.24, 2.45) is 0 Å². The van der Waals surface area contributed by atoms with Crippen molar-refractivity contribution in [2.75, 3.05) is 0 Å². The minimum Gasteiger partial charge on any atom is -0.215 e. The first-order valence-corrected chi connectivity index (χ1v) is 4.73. The summed E-state index contributed by atoms with van der Waals surface area (Å²) in [5, 5.41) is 0. The molecule has 0 atom stereocenters. The molecule has 0 aliphatic carbocycles. The van der Waals surface area contributed by atoms with Gasteiger partial charge in [0.15, 0.2) is 23.8 Å². The highest BCUT2D eigenvalue weighted by Crippen LogP contribution is 2.17. The summed E-state index contributed by atoms with van der Waals surface area (Å²) >= 11 is 0. The molecule has 0 saturated heterocycles. The van der Waals surface area contributed by atoms with Crippen molar-refractivity contribution in [3.05, 3.63) is 48.0 Å². The van der Waals surface area contributed by atoms with Gasteiger partial charge in [-0.1, -0.05) is 0 Å². The van der Waals surface area contributed by atoms with Crippen LogP contribution in [0.4, 0.5) is 0 Å². The van der Waals surface area contributed by atoms with Crippen LogP contribution in [0.25, 0.3) is 11.1 Å². The van der Waals surface area contributed by atoms with E-state index in [9.17, 15) is 0 Å². The van der Waals surface area contributed by atoms with Gasteiger partial charge in [0.1, 0.15) is 0 Å². The standard InChI is InChI=1S/C12H12N2/c1-9-7-11(3-5-13-9)12-4-6-14-10(2)8-12/h3-8H,1-2H3/p+2. The van der Waals surface area contributed by atoms with Crippen molar-refractivity contribution >= 4 is 0 Å². The number of pyridine rings is 2. The zero-order chi connectivity index (χ0) is 9.97. The van der Waals surface area contributed by atoms with Gasteiger partial charge < -0.3 is 0 Å². The molecular formula is C12H14N2+2. The average Bonchev–Trinajstić information content (AvgIpc) is 2.18. The van der Waals surface area contributed by atoms with Gasteiger partial charge in [0.25, 0.3) is 0 Å². The van der Waals surface area contributed by atoms with Crippen LogP contribution < -0.4 is 9.97 Å². The van der Waals surface area contributed by atoms with E-state index in [-0.39, 0.29) is 0 Å². The van der Waals surface area contributed by atoms with Crippen LogP contribution in [0.15, 0.2) is 36.7 Å². The van der Waals surface area contributed by atoms with Crippen molar-refractivity contribution in [3.63, 3.8) is 0 Å². The highest BCUT2D eigenvalue weighted by atomic mass is 14.7. The second-order valence-corrected chi connectivity index (χ2v) is 3.52. The minimum absolute atomic E-state index is 1.17. The third kappa shape index (κ3) is 1.79. The van der Waals surface area contributed by atoms with Crippen molar-refractivity contribution in [1.82, 2.24) is 0 Å². The smallest absolute Gasteiger partial charge is 0.177 e. The van der Waals surface area contributed by atoms with Crippen molar-refractivity contribution in [2.45, 2.75) is 13.8 Å². The fourth-order valence-corrected chi connectivity index (χ4v) is 1.53. The highest BCUT2D eigenvalue weighted by molar-refractivity contribution is 5.62. The maximum absolute atomic E-state index is 3.15. The third-order valence-electron chi connectivity index (χ3n) is 2.23. The van der Waals surface area contributed by atoms with Crippen LogP contribution in [0.3, 0.4) is 0 Å². The molecule has 2 heterocycles. The van der Waals surface area contributed by atoms with Crippen LogP contribution >= 0.6 is 0 Å². The Hall–Kier alpha value is -1.70. The molecule has 2 rings (SSSR count). The van der Waals surface area contributed by atoms with Gasteiger partial charge in [-0.25, -0.2) is 9.97 Å². The Kier molecular flexibility index (Phi) is 2.27. The van der Waals surface area contributed by atoms with Gasteiger partial charge in [0.2, 0.25) is 0 Å². The molecule has 0 unspecified atom stereocenters. The average molecular weight is 186 g/mol. The normalized spacial score (nSPS) is 10.1. The van der Waals surface area contributed by atoms with E-state index in [1.807, 2.05) is 12.4 Å². The summed E-state index contributed by atoms with van der Waals surface area (Å²) in [7, 11) is 0. The number of aromatic nitrogens is 2. The van der Waals surface area contributed by atoms with Crippen LogP contribution in [0.1, 0.15) is 11.4 Å². The molecule has 0 aliphatic heterocycles. The van der Waals surface area contributed by atoms with Gasteiger partial charge in [0.05, 0.1) is 0 Å². The lowest BCUT2D eigenvalue weighted by Gasteiger charge is -1.97. The maximum Gasteiger partial charge on any atom is 0.177 e. The summed E-state index contributed by atoms with van der Waals surface area (Å²) < 4.78 is 0. The predicted molar refractivity (Wildman–Crippen MR) is 54.5 cm³/mol. The quantitative estimate of drug-likeness (QED) is 0.647. The lowest BCUT2D eigenvalue weighted by molar-refractivity contribution is -0.388. The van der Waals surface area contributed by atoms with E-state index < -0.39 is 0 Å². The van der Waals surface area contributed by atoms with Crippen molar-refractivity contribution < 1.29 is 9.97 Å². The molecule has 2 nitrogen and oxygen atoms in total. The highest BCUT2D eigenvalue weighted by Gasteiger charge is 2.03. The maximum atomic E-state index is 3.15. The summed E-state index contributed by atoms with van der Waals surface area (Å²) in [6.45, 7) is 4.12. The molecular weight excluding hydrogens is 172 g/mol. The van der Waals surface area contributed by atoms with Gasteiger partial charge in [-0.15, -0.1) is 0 Å². The van der Waals surface area contributed by atoms with Crippen LogP contribution in [0.5, 0.6) is 0 Å². The molecule has 0 aliphatic rings. The Labute approximate surface area is 83.7 Å². The monoisotopic (exact) mass is 186 g/mol. The first kappa shape index (κ1) is 8.88. The van der Waals surface area contributed by atoms with Gasteiger partial charge in [-0.2, -0.15) is 0 Å². The third-order valence-corrected chi connectivity index (χ3v) is 2.23. The van der Waals surface area contributed by atoms with E-state index in [2.05, 4.69) is 48.1 Å². The number of aryl methyl sites for hydroxylation is 2. The van der Waals surface area contributed by atoms with Gasteiger partial charge >= 0.3 is 0 Å². The molecule has 2 heteroatoms. The molecule has 0 saturated carbocycles. The Balaban J connectivity index is 2.49. The van der Waals surface area contributed by atoms with E-state index in [4.69, 9.17) is 0 Å². The number of hydrogen-bond acceptors (Lipinski definition) is 0. The van der Waals surface area contributed by atoms with E-state index >= 15 is 0 Å². The van der Waals surface area contributed by atoms with E-state index in [0.29, 0.717) is 0 Å². The summed E-state index contributed by atoms with van der Waals surface area (Å²) in [6.07, 6.45) is 3.94. The fraction of sp³-hybridized carbons (Fsp3) is 0.167. The molecule has 0 radical (unpaired) electrons. The van der Waals surface area contributed by atoms with E-state index in [1.54, 1.807) is 0 Å². The largest absolute Gasteiger partial charge is 0.215 e. The molecule has 2 N–H and O–H groups in total. The van der Waals surface area contributed by atoms with Crippen LogP contribution in [0, 0.1) is 13.8 Å².